The van der Waals surface area contributed by atoms with Crippen LogP contribution in [0.4, 0.5) is 10.1 Å². The number of carbonyl (C=O) groups is 2. The fourth-order valence-corrected chi connectivity index (χ4v) is 3.61. The molecule has 0 radical (unpaired) electrons. The second-order valence-electron chi connectivity index (χ2n) is 8.60. The van der Waals surface area contributed by atoms with Gasteiger partial charge in [-0.05, 0) is 56.7 Å². The van der Waals surface area contributed by atoms with E-state index < -0.39 is 29.2 Å². The van der Waals surface area contributed by atoms with Crippen molar-refractivity contribution in [3.05, 3.63) is 78.5 Å². The van der Waals surface area contributed by atoms with Crippen LogP contribution in [0.3, 0.4) is 0 Å². The second kappa shape index (κ2) is 9.46. The molecule has 1 N–H and O–H groups in total. The number of para-hydroxylation sites is 2. The van der Waals surface area contributed by atoms with E-state index in [2.05, 4.69) is 15.6 Å². The zero-order valence-corrected chi connectivity index (χ0v) is 19.2. The van der Waals surface area contributed by atoms with Gasteiger partial charge in [-0.15, -0.1) is 5.10 Å². The largest absolute Gasteiger partial charge is 0.467 e. The minimum absolute atomic E-state index is 0.0391. The molecule has 2 amide bonds. The summed E-state index contributed by atoms with van der Waals surface area (Å²) in [6.45, 7) is 5.44. The van der Waals surface area contributed by atoms with Gasteiger partial charge in [-0.2, -0.15) is 0 Å². The Morgan fingerprint density at radius 1 is 1.12 bits per heavy atom. The van der Waals surface area contributed by atoms with E-state index in [4.69, 9.17) is 4.42 Å². The molecule has 4 aromatic rings. The van der Waals surface area contributed by atoms with Gasteiger partial charge in [-0.25, -0.2) is 9.07 Å². The average Bonchev–Trinajstić information content (AvgIpc) is 3.48. The third kappa shape index (κ3) is 4.68. The lowest BCUT2D eigenvalue weighted by Crippen LogP contribution is -2.51. The van der Waals surface area contributed by atoms with Gasteiger partial charge < -0.3 is 9.73 Å². The normalized spacial score (nSPS) is 12.5. The lowest BCUT2D eigenvalue weighted by atomic mass is 10.0. The fourth-order valence-electron chi connectivity index (χ4n) is 3.61. The van der Waals surface area contributed by atoms with Crippen LogP contribution in [0.2, 0.25) is 0 Å². The van der Waals surface area contributed by atoms with Gasteiger partial charge in [-0.1, -0.05) is 36.4 Å². The van der Waals surface area contributed by atoms with Crippen LogP contribution in [0.25, 0.3) is 11.0 Å². The van der Waals surface area contributed by atoms with Gasteiger partial charge in [0, 0.05) is 5.54 Å². The Kier molecular flexibility index (Phi) is 6.45. The first-order chi connectivity index (χ1) is 16.3. The van der Waals surface area contributed by atoms with Crippen LogP contribution in [0.1, 0.15) is 39.0 Å². The summed E-state index contributed by atoms with van der Waals surface area (Å²) in [6, 6.07) is 15.0. The van der Waals surface area contributed by atoms with E-state index >= 15 is 4.39 Å². The summed E-state index contributed by atoms with van der Waals surface area (Å²) in [7, 11) is 0. The maximum atomic E-state index is 15.0. The molecule has 0 saturated heterocycles. The van der Waals surface area contributed by atoms with Gasteiger partial charge in [-0.3, -0.25) is 14.5 Å². The molecule has 9 heteroatoms. The predicted octanol–water partition coefficient (Wildman–Crippen LogP) is 4.24. The molecular weight excluding hydrogens is 437 g/mol. The summed E-state index contributed by atoms with van der Waals surface area (Å²) in [5, 5.41) is 11.1. The van der Waals surface area contributed by atoms with Crippen molar-refractivity contribution >= 4 is 28.5 Å². The minimum Gasteiger partial charge on any atom is -0.467 e. The maximum absolute atomic E-state index is 15.0. The Hall–Kier alpha value is -4.01. The van der Waals surface area contributed by atoms with Crippen molar-refractivity contribution in [1.29, 1.82) is 0 Å². The second-order valence-corrected chi connectivity index (χ2v) is 8.60. The average molecular weight is 464 g/mol. The van der Waals surface area contributed by atoms with Gasteiger partial charge in [0.05, 0.1) is 17.5 Å². The van der Waals surface area contributed by atoms with Crippen LogP contribution < -0.4 is 10.2 Å². The van der Waals surface area contributed by atoms with Gasteiger partial charge in [0.25, 0.3) is 5.91 Å². The molecule has 0 aliphatic heterocycles. The summed E-state index contributed by atoms with van der Waals surface area (Å²) in [6.07, 6.45) is 2.07. The lowest BCUT2D eigenvalue weighted by Gasteiger charge is -2.33. The van der Waals surface area contributed by atoms with E-state index in [0.29, 0.717) is 17.5 Å². The Labute approximate surface area is 196 Å². The molecule has 0 bridgehead atoms. The number of halogens is 1. The highest BCUT2D eigenvalue weighted by molar-refractivity contribution is 6.01. The number of aromatic nitrogens is 3. The van der Waals surface area contributed by atoms with E-state index in [9.17, 15) is 9.59 Å². The van der Waals surface area contributed by atoms with Crippen molar-refractivity contribution in [2.24, 2.45) is 0 Å². The number of rotatable bonds is 8. The number of hydrogen-bond acceptors (Lipinski definition) is 5. The summed E-state index contributed by atoms with van der Waals surface area (Å²) < 4.78 is 22.0. The molecule has 34 heavy (non-hydrogen) atoms. The molecule has 0 unspecified atom stereocenters. The molecule has 1 atom stereocenters. The van der Waals surface area contributed by atoms with E-state index in [1.54, 1.807) is 30.3 Å². The number of furan rings is 1. The van der Waals surface area contributed by atoms with Crippen molar-refractivity contribution in [1.82, 2.24) is 20.3 Å². The van der Waals surface area contributed by atoms with E-state index in [1.807, 2.05) is 32.9 Å². The van der Waals surface area contributed by atoms with E-state index in [1.165, 1.54) is 29.1 Å². The summed E-state index contributed by atoms with van der Waals surface area (Å²) >= 11 is 0. The molecule has 0 saturated carbocycles. The molecule has 176 valence electrons. The zero-order valence-electron chi connectivity index (χ0n) is 19.2. The van der Waals surface area contributed by atoms with E-state index in [-0.39, 0.29) is 18.0 Å². The fraction of sp³-hybridized carbons (Fsp3) is 0.280. The predicted molar refractivity (Wildman–Crippen MR) is 125 cm³/mol. The summed E-state index contributed by atoms with van der Waals surface area (Å²) in [5.74, 6) is -1.46. The molecule has 4 rings (SSSR count). The Bertz CT molecular complexity index is 1300. The Morgan fingerprint density at radius 2 is 1.85 bits per heavy atom. The lowest BCUT2D eigenvalue weighted by molar-refractivity contribution is -0.128. The number of hydrogen-bond donors (Lipinski definition) is 1. The number of nitrogens with one attached hydrogen (secondary N) is 1. The topological polar surface area (TPSA) is 93.3 Å². The van der Waals surface area contributed by atoms with Crippen LogP contribution in [0.15, 0.2) is 71.3 Å². The van der Waals surface area contributed by atoms with Gasteiger partial charge in [0.1, 0.15) is 23.6 Å². The molecule has 2 aromatic heterocycles. The van der Waals surface area contributed by atoms with Gasteiger partial charge >= 0.3 is 0 Å². The molecular formula is C25H26FN5O3. The highest BCUT2D eigenvalue weighted by Crippen LogP contribution is 2.31. The van der Waals surface area contributed by atoms with Gasteiger partial charge in [0.2, 0.25) is 5.91 Å². The third-order valence-electron chi connectivity index (χ3n) is 5.75. The quantitative estimate of drug-likeness (QED) is 0.422. The van der Waals surface area contributed by atoms with Crippen molar-refractivity contribution in [2.45, 2.75) is 45.3 Å². The zero-order chi connectivity index (χ0) is 24.3. The third-order valence-corrected chi connectivity index (χ3v) is 5.75. The van der Waals surface area contributed by atoms with Crippen LogP contribution in [-0.2, 0) is 16.1 Å². The smallest absolute Gasteiger partial charge is 0.251 e. The molecule has 2 heterocycles. The molecule has 0 aliphatic carbocycles. The Morgan fingerprint density at radius 3 is 2.56 bits per heavy atom. The number of benzene rings is 2. The van der Waals surface area contributed by atoms with Gasteiger partial charge in [0.15, 0.2) is 6.04 Å². The summed E-state index contributed by atoms with van der Waals surface area (Å²) in [5.41, 5.74) is 0.685. The highest BCUT2D eigenvalue weighted by Gasteiger charge is 2.38. The molecule has 0 aliphatic rings. The summed E-state index contributed by atoms with van der Waals surface area (Å²) in [4.78, 5) is 28.4. The van der Waals surface area contributed by atoms with Crippen molar-refractivity contribution in [3.63, 3.8) is 0 Å². The number of anilines is 1. The number of nitrogens with zero attached hydrogens (tertiary/aromatic N) is 4. The monoisotopic (exact) mass is 463 g/mol. The maximum Gasteiger partial charge on any atom is 0.251 e. The van der Waals surface area contributed by atoms with E-state index in [0.717, 1.165) is 4.90 Å². The van der Waals surface area contributed by atoms with Crippen LogP contribution in [0.5, 0.6) is 0 Å². The van der Waals surface area contributed by atoms with Crippen LogP contribution >= 0.6 is 0 Å². The number of carbonyl (C=O) groups excluding carboxylic acids is 2. The first-order valence-corrected chi connectivity index (χ1v) is 11.0. The minimum atomic E-state index is -1.24. The van der Waals surface area contributed by atoms with Crippen LogP contribution in [-0.4, -0.2) is 32.3 Å². The first-order valence-electron chi connectivity index (χ1n) is 11.0. The van der Waals surface area contributed by atoms with Crippen molar-refractivity contribution in [2.75, 3.05) is 4.90 Å². The number of fused-ring (bicyclic) bond motifs is 1. The standard InChI is InChI=1S/C25H26FN5O3/c1-4-25(2,3)27-24(33)23(21-14-9-15-34-21)31(19-12-7-5-10-17(19)26)22(32)16-30-20-13-8-6-11-18(20)28-29-30/h5-15,23H,4,16H2,1-3H3,(H,27,33)/t23-/m1/s1. The first kappa shape index (κ1) is 23.2. The SMILES string of the molecule is CCC(C)(C)NC(=O)[C@@H](c1ccco1)N(C(=O)Cn1nnc2ccccc21)c1ccccc1F. The Balaban J connectivity index is 1.79. The van der Waals surface area contributed by atoms with Crippen molar-refractivity contribution < 1.29 is 18.4 Å². The van der Waals surface area contributed by atoms with Crippen molar-refractivity contribution in [3.8, 4) is 0 Å². The molecule has 0 fully saturated rings. The molecule has 0 spiro atoms. The number of amides is 2. The van der Waals surface area contributed by atoms with Crippen LogP contribution in [0, 0.1) is 5.82 Å². The molecule has 2 aromatic carbocycles. The molecule has 8 nitrogen and oxygen atoms in total. The highest BCUT2D eigenvalue weighted by atomic mass is 19.1.